The van der Waals surface area contributed by atoms with Crippen molar-refractivity contribution in [3.63, 3.8) is 0 Å². The van der Waals surface area contributed by atoms with Crippen molar-refractivity contribution in [1.82, 2.24) is 10.6 Å². The van der Waals surface area contributed by atoms with E-state index in [0.717, 1.165) is 29.5 Å². The number of urea groups is 1. The Morgan fingerprint density at radius 3 is 2.50 bits per heavy atom. The maximum atomic E-state index is 13.1. The van der Waals surface area contributed by atoms with E-state index in [-0.39, 0.29) is 12.1 Å². The Balaban J connectivity index is 1.96. The summed E-state index contributed by atoms with van der Waals surface area (Å²) in [5, 5.41) is 5.73. The van der Waals surface area contributed by atoms with Crippen LogP contribution < -0.4 is 20.1 Å². The van der Waals surface area contributed by atoms with Crippen molar-refractivity contribution in [3.8, 4) is 11.5 Å². The highest BCUT2D eigenvalue weighted by atomic mass is 16.5. The van der Waals surface area contributed by atoms with Gasteiger partial charge in [-0.25, -0.2) is 9.59 Å². The third-order valence-corrected chi connectivity index (χ3v) is 5.99. The second kappa shape index (κ2) is 12.5. The second-order valence-electron chi connectivity index (χ2n) is 9.34. The average Bonchev–Trinajstić information content (AvgIpc) is 2.83. The van der Waals surface area contributed by atoms with Crippen LogP contribution in [-0.4, -0.2) is 24.7 Å². The lowest BCUT2D eigenvalue weighted by molar-refractivity contribution is -0.143. The Labute approximate surface area is 214 Å². The lowest BCUT2D eigenvalue weighted by Crippen LogP contribution is -2.46. The van der Waals surface area contributed by atoms with Gasteiger partial charge < -0.3 is 24.8 Å². The summed E-state index contributed by atoms with van der Waals surface area (Å²) >= 11 is 0. The molecule has 2 amide bonds. The standard InChI is InChI=1S/C29H38N2O5/c1-7-9-10-23-26(28(32)36-18(3)4)27(31-29(33)30-23)21-13-14-24(25(16-21)34-8-2)35-17-22-15-19(5)11-12-20(22)6/h11-16,18,27H,7-10,17H2,1-6H3,(H2,30,31,33). The molecule has 7 heteroatoms. The Morgan fingerprint density at radius 2 is 1.81 bits per heavy atom. The lowest BCUT2D eigenvalue weighted by Gasteiger charge is -2.30. The Hall–Kier alpha value is -3.48. The minimum atomic E-state index is -0.663. The third-order valence-electron chi connectivity index (χ3n) is 5.99. The fraction of sp³-hybridized carbons (Fsp3) is 0.448. The smallest absolute Gasteiger partial charge is 0.338 e. The predicted octanol–water partition coefficient (Wildman–Crippen LogP) is 6.03. The Morgan fingerprint density at radius 1 is 1.03 bits per heavy atom. The molecule has 0 saturated carbocycles. The zero-order valence-corrected chi connectivity index (χ0v) is 22.2. The number of hydrogen-bond donors (Lipinski definition) is 2. The van der Waals surface area contributed by atoms with E-state index in [4.69, 9.17) is 14.2 Å². The van der Waals surface area contributed by atoms with E-state index in [1.807, 2.05) is 39.0 Å². The van der Waals surface area contributed by atoms with Gasteiger partial charge in [0.1, 0.15) is 6.61 Å². The van der Waals surface area contributed by atoms with Gasteiger partial charge in [-0.15, -0.1) is 0 Å². The molecule has 0 fully saturated rings. The van der Waals surface area contributed by atoms with Gasteiger partial charge in [0.25, 0.3) is 0 Å². The van der Waals surface area contributed by atoms with Crippen LogP contribution in [-0.2, 0) is 16.1 Å². The molecule has 194 valence electrons. The minimum absolute atomic E-state index is 0.282. The molecule has 36 heavy (non-hydrogen) atoms. The molecule has 0 aliphatic carbocycles. The summed E-state index contributed by atoms with van der Waals surface area (Å²) in [4.78, 5) is 25.7. The molecule has 1 aliphatic heterocycles. The number of esters is 1. The molecular weight excluding hydrogens is 456 g/mol. The van der Waals surface area contributed by atoms with Gasteiger partial charge >= 0.3 is 12.0 Å². The molecule has 1 aliphatic rings. The molecule has 0 radical (unpaired) electrons. The number of allylic oxidation sites excluding steroid dienone is 1. The SMILES string of the molecule is CCCCC1=C(C(=O)OC(C)C)C(c2ccc(OCc3cc(C)ccc3C)c(OCC)c2)NC(=O)N1. The molecule has 0 saturated heterocycles. The molecule has 2 aromatic rings. The maximum absolute atomic E-state index is 13.1. The first-order chi connectivity index (χ1) is 17.2. The fourth-order valence-electron chi connectivity index (χ4n) is 4.14. The van der Waals surface area contributed by atoms with E-state index in [9.17, 15) is 9.59 Å². The molecule has 2 aromatic carbocycles. The quantitative estimate of drug-likeness (QED) is 0.373. The van der Waals surface area contributed by atoms with Crippen molar-refractivity contribution in [2.75, 3.05) is 6.61 Å². The first-order valence-corrected chi connectivity index (χ1v) is 12.7. The summed E-state index contributed by atoms with van der Waals surface area (Å²) in [6.45, 7) is 12.6. The molecule has 3 rings (SSSR count). The predicted molar refractivity (Wildman–Crippen MR) is 140 cm³/mol. The Bertz CT molecular complexity index is 1120. The average molecular weight is 495 g/mol. The van der Waals surface area contributed by atoms with Crippen molar-refractivity contribution in [1.29, 1.82) is 0 Å². The molecule has 1 atom stereocenters. The largest absolute Gasteiger partial charge is 0.490 e. The van der Waals surface area contributed by atoms with Crippen LogP contribution in [0.3, 0.4) is 0 Å². The molecule has 1 heterocycles. The summed E-state index contributed by atoms with van der Waals surface area (Å²) in [6.07, 6.45) is 2.08. The van der Waals surface area contributed by atoms with E-state index in [1.165, 1.54) is 5.56 Å². The fourth-order valence-corrected chi connectivity index (χ4v) is 4.14. The van der Waals surface area contributed by atoms with Gasteiger partial charge in [-0.05, 0) is 76.3 Å². The van der Waals surface area contributed by atoms with Crippen molar-refractivity contribution in [2.24, 2.45) is 0 Å². The van der Waals surface area contributed by atoms with Crippen LogP contribution >= 0.6 is 0 Å². The van der Waals surface area contributed by atoms with Crippen molar-refractivity contribution < 1.29 is 23.8 Å². The molecule has 0 spiro atoms. The zero-order valence-electron chi connectivity index (χ0n) is 22.2. The van der Waals surface area contributed by atoms with Gasteiger partial charge in [-0.2, -0.15) is 0 Å². The van der Waals surface area contributed by atoms with E-state index in [0.29, 0.717) is 42.4 Å². The number of unbranched alkanes of at least 4 members (excludes halogenated alkanes) is 1. The number of rotatable bonds is 11. The molecule has 7 nitrogen and oxygen atoms in total. The highest BCUT2D eigenvalue weighted by Crippen LogP contribution is 2.36. The number of nitrogens with one attached hydrogen (secondary N) is 2. The van der Waals surface area contributed by atoms with Gasteiger partial charge in [-0.3, -0.25) is 0 Å². The number of carbonyl (C=O) groups is 2. The third kappa shape index (κ3) is 6.80. The zero-order chi connectivity index (χ0) is 26.2. The molecule has 0 aromatic heterocycles. The number of ether oxygens (including phenoxy) is 3. The Kier molecular flexibility index (Phi) is 9.39. The van der Waals surface area contributed by atoms with Crippen LogP contribution in [0.15, 0.2) is 47.7 Å². The van der Waals surface area contributed by atoms with Crippen molar-refractivity contribution >= 4 is 12.0 Å². The second-order valence-corrected chi connectivity index (χ2v) is 9.34. The summed E-state index contributed by atoms with van der Waals surface area (Å²) in [5.41, 5.74) is 5.18. The minimum Gasteiger partial charge on any atom is -0.490 e. The number of amides is 2. The molecule has 0 bridgehead atoms. The number of hydrogen-bond acceptors (Lipinski definition) is 5. The summed E-state index contributed by atoms with van der Waals surface area (Å²) < 4.78 is 17.6. The molecule has 2 N–H and O–H groups in total. The monoisotopic (exact) mass is 494 g/mol. The molecule has 1 unspecified atom stereocenters. The van der Waals surface area contributed by atoms with E-state index >= 15 is 0 Å². The van der Waals surface area contributed by atoms with Crippen LogP contribution in [0.4, 0.5) is 4.79 Å². The van der Waals surface area contributed by atoms with E-state index in [2.05, 4.69) is 49.6 Å². The first kappa shape index (κ1) is 27.1. The first-order valence-electron chi connectivity index (χ1n) is 12.7. The number of aryl methyl sites for hydroxylation is 2. The van der Waals surface area contributed by atoms with Gasteiger partial charge in [0.15, 0.2) is 11.5 Å². The van der Waals surface area contributed by atoms with Crippen LogP contribution in [0.2, 0.25) is 0 Å². The van der Waals surface area contributed by atoms with Crippen molar-refractivity contribution in [3.05, 3.63) is 69.9 Å². The van der Waals surface area contributed by atoms with E-state index in [1.54, 1.807) is 0 Å². The highest BCUT2D eigenvalue weighted by Gasteiger charge is 2.34. The van der Waals surface area contributed by atoms with Gasteiger partial charge in [0, 0.05) is 5.70 Å². The number of benzene rings is 2. The van der Waals surface area contributed by atoms with Gasteiger partial charge in [-0.1, -0.05) is 43.2 Å². The van der Waals surface area contributed by atoms with Crippen LogP contribution in [0, 0.1) is 13.8 Å². The molecular formula is C29H38N2O5. The van der Waals surface area contributed by atoms with Gasteiger partial charge in [0.2, 0.25) is 0 Å². The topological polar surface area (TPSA) is 85.9 Å². The summed E-state index contributed by atoms with van der Waals surface area (Å²) in [7, 11) is 0. The van der Waals surface area contributed by atoms with Crippen LogP contribution in [0.1, 0.15) is 75.3 Å². The van der Waals surface area contributed by atoms with Crippen molar-refractivity contribution in [2.45, 2.75) is 79.6 Å². The summed E-state index contributed by atoms with van der Waals surface area (Å²) in [6, 6.07) is 10.8. The normalized spacial score (nSPS) is 15.4. The summed E-state index contributed by atoms with van der Waals surface area (Å²) in [5.74, 6) is 0.713. The highest BCUT2D eigenvalue weighted by molar-refractivity contribution is 5.95. The maximum Gasteiger partial charge on any atom is 0.338 e. The van der Waals surface area contributed by atoms with Crippen LogP contribution in [0.5, 0.6) is 11.5 Å². The van der Waals surface area contributed by atoms with Gasteiger partial charge in [0.05, 0.1) is 24.3 Å². The number of carbonyl (C=O) groups excluding carboxylic acids is 2. The van der Waals surface area contributed by atoms with Crippen LogP contribution in [0.25, 0.3) is 0 Å². The lowest BCUT2D eigenvalue weighted by atomic mass is 9.93. The van der Waals surface area contributed by atoms with E-state index < -0.39 is 12.0 Å².